The van der Waals surface area contributed by atoms with Gasteiger partial charge in [0.05, 0.1) is 5.56 Å². The number of nitrogens with zero attached hydrogens (tertiary/aromatic N) is 3. The predicted molar refractivity (Wildman–Crippen MR) is 83.9 cm³/mol. The van der Waals surface area contributed by atoms with Crippen molar-refractivity contribution >= 4 is 36.5 Å². The summed E-state index contributed by atoms with van der Waals surface area (Å²) in [6, 6.07) is 3.65. The summed E-state index contributed by atoms with van der Waals surface area (Å²) in [5.74, 6) is 0.845. The number of likely N-dealkylation sites (N-methyl/N-ethyl adjacent to an activating group) is 2. The lowest BCUT2D eigenvalue weighted by Crippen LogP contribution is -2.32. The Kier molecular flexibility index (Phi) is 10.5. The molecule has 0 saturated carbocycles. The molecule has 0 spiro atoms. The summed E-state index contributed by atoms with van der Waals surface area (Å²) >= 11 is 0. The number of nitrogens with one attached hydrogen (secondary N) is 1. The van der Waals surface area contributed by atoms with Crippen LogP contribution in [0.1, 0.15) is 10.4 Å². The highest BCUT2D eigenvalue weighted by Crippen LogP contribution is 2.09. The summed E-state index contributed by atoms with van der Waals surface area (Å²) in [5, 5.41) is 3.01. The molecule has 110 valence electrons. The molecule has 0 saturated heterocycles. The quantitative estimate of drug-likeness (QED) is 0.890. The summed E-state index contributed by atoms with van der Waals surface area (Å²) in [6.07, 6.45) is 1.62. The number of amides is 1. The highest BCUT2D eigenvalue weighted by Gasteiger charge is 2.11. The highest BCUT2D eigenvalue weighted by molar-refractivity contribution is 5.93. The fourth-order valence-corrected chi connectivity index (χ4v) is 1.38. The molecule has 1 N–H and O–H groups in total. The van der Waals surface area contributed by atoms with Crippen molar-refractivity contribution in [3.8, 4) is 0 Å². The van der Waals surface area contributed by atoms with Crippen LogP contribution in [0.4, 0.5) is 5.82 Å². The van der Waals surface area contributed by atoms with Crippen LogP contribution in [0.2, 0.25) is 0 Å². The molecule has 5 nitrogen and oxygen atoms in total. The third-order valence-electron chi connectivity index (χ3n) is 2.50. The van der Waals surface area contributed by atoms with Gasteiger partial charge in [-0.25, -0.2) is 4.98 Å². The van der Waals surface area contributed by atoms with E-state index in [2.05, 4.69) is 10.3 Å². The van der Waals surface area contributed by atoms with E-state index < -0.39 is 0 Å². The van der Waals surface area contributed by atoms with Crippen molar-refractivity contribution in [1.82, 2.24) is 15.2 Å². The maximum Gasteiger partial charge on any atom is 0.255 e. The fraction of sp³-hybridized carbons (Fsp3) is 0.500. The first-order valence-corrected chi connectivity index (χ1v) is 5.59. The number of halogens is 2. The fourth-order valence-electron chi connectivity index (χ4n) is 1.38. The molecule has 0 bridgehead atoms. The SMILES string of the molecule is CNCCN(C)C(=O)c1ccc(N(C)C)nc1.Cl.Cl. The van der Waals surface area contributed by atoms with Gasteiger partial charge < -0.3 is 15.1 Å². The van der Waals surface area contributed by atoms with E-state index in [0.29, 0.717) is 12.1 Å². The molecule has 0 atom stereocenters. The number of aromatic nitrogens is 1. The Bertz CT molecular complexity index is 370. The van der Waals surface area contributed by atoms with Crippen LogP contribution in [-0.4, -0.2) is 57.1 Å². The second-order valence-electron chi connectivity index (χ2n) is 4.13. The molecule has 0 aliphatic carbocycles. The number of hydrogen-bond donors (Lipinski definition) is 1. The topological polar surface area (TPSA) is 48.5 Å². The van der Waals surface area contributed by atoms with Crippen LogP contribution in [0.15, 0.2) is 18.3 Å². The van der Waals surface area contributed by atoms with E-state index in [9.17, 15) is 4.79 Å². The minimum absolute atomic E-state index is 0. The first-order chi connectivity index (χ1) is 8.06. The van der Waals surface area contributed by atoms with E-state index in [4.69, 9.17) is 0 Å². The van der Waals surface area contributed by atoms with E-state index in [1.54, 1.807) is 24.2 Å². The first kappa shape index (κ1) is 20.3. The predicted octanol–water partition coefficient (Wildman–Crippen LogP) is 1.28. The lowest BCUT2D eigenvalue weighted by molar-refractivity contribution is 0.0796. The van der Waals surface area contributed by atoms with Gasteiger partial charge in [-0.2, -0.15) is 0 Å². The van der Waals surface area contributed by atoms with Crippen molar-refractivity contribution < 1.29 is 4.79 Å². The van der Waals surface area contributed by atoms with Gasteiger partial charge in [-0.3, -0.25) is 4.79 Å². The summed E-state index contributed by atoms with van der Waals surface area (Å²) in [7, 11) is 7.50. The van der Waals surface area contributed by atoms with Crippen LogP contribution in [0, 0.1) is 0 Å². The zero-order chi connectivity index (χ0) is 12.8. The molecule has 1 aromatic heterocycles. The number of hydrogen-bond acceptors (Lipinski definition) is 4. The normalized spacial score (nSPS) is 9.05. The van der Waals surface area contributed by atoms with Crippen molar-refractivity contribution in [2.75, 3.05) is 46.2 Å². The third kappa shape index (κ3) is 6.09. The van der Waals surface area contributed by atoms with Gasteiger partial charge in [-0.15, -0.1) is 24.8 Å². The lowest BCUT2D eigenvalue weighted by atomic mass is 10.2. The minimum atomic E-state index is -0.00180. The van der Waals surface area contributed by atoms with Crippen LogP contribution in [0.25, 0.3) is 0 Å². The Morgan fingerprint density at radius 1 is 1.26 bits per heavy atom. The average Bonchev–Trinajstić information content (AvgIpc) is 2.35. The lowest BCUT2D eigenvalue weighted by Gasteiger charge is -2.17. The molecule has 0 radical (unpaired) electrons. The van der Waals surface area contributed by atoms with Crippen LogP contribution < -0.4 is 10.2 Å². The van der Waals surface area contributed by atoms with Crippen LogP contribution in [0.3, 0.4) is 0 Å². The first-order valence-electron chi connectivity index (χ1n) is 5.59. The van der Waals surface area contributed by atoms with E-state index in [1.165, 1.54) is 0 Å². The highest BCUT2D eigenvalue weighted by atomic mass is 35.5. The average molecular weight is 309 g/mol. The van der Waals surface area contributed by atoms with Crippen molar-refractivity contribution in [3.63, 3.8) is 0 Å². The van der Waals surface area contributed by atoms with Crippen LogP contribution in [0.5, 0.6) is 0 Å². The molecule has 0 fully saturated rings. The molecule has 0 aliphatic rings. The Morgan fingerprint density at radius 3 is 2.32 bits per heavy atom. The monoisotopic (exact) mass is 308 g/mol. The minimum Gasteiger partial charge on any atom is -0.363 e. The standard InChI is InChI=1S/C12H20N4O.2ClH/c1-13-7-8-16(4)12(17)10-5-6-11(14-9-10)15(2)3;;/h5-6,9,13H,7-8H2,1-4H3;2*1H. The second-order valence-corrected chi connectivity index (χ2v) is 4.13. The van der Waals surface area contributed by atoms with E-state index in [0.717, 1.165) is 12.4 Å². The van der Waals surface area contributed by atoms with Gasteiger partial charge in [0.1, 0.15) is 5.82 Å². The van der Waals surface area contributed by atoms with E-state index in [1.807, 2.05) is 32.1 Å². The van der Waals surface area contributed by atoms with E-state index >= 15 is 0 Å². The Morgan fingerprint density at radius 2 is 1.89 bits per heavy atom. The van der Waals surface area contributed by atoms with Gasteiger partial charge in [-0.05, 0) is 19.2 Å². The Hall–Kier alpha value is -1.04. The third-order valence-corrected chi connectivity index (χ3v) is 2.50. The number of carbonyl (C=O) groups excluding carboxylic acids is 1. The van der Waals surface area contributed by atoms with Gasteiger partial charge in [0.2, 0.25) is 0 Å². The summed E-state index contributed by atoms with van der Waals surface area (Å²) < 4.78 is 0. The van der Waals surface area contributed by atoms with Crippen molar-refractivity contribution in [2.24, 2.45) is 0 Å². The molecule has 0 aromatic carbocycles. The zero-order valence-electron chi connectivity index (χ0n) is 11.7. The number of pyridine rings is 1. The summed E-state index contributed by atoms with van der Waals surface area (Å²) in [4.78, 5) is 19.8. The number of carbonyl (C=O) groups is 1. The Balaban J connectivity index is 0. The molecule has 1 rings (SSSR count). The van der Waals surface area contributed by atoms with Gasteiger partial charge in [0.25, 0.3) is 5.91 Å². The molecule has 7 heteroatoms. The van der Waals surface area contributed by atoms with Gasteiger partial charge in [-0.1, -0.05) is 0 Å². The molecular formula is C12H22Cl2N4O. The molecule has 1 aromatic rings. The molecule has 19 heavy (non-hydrogen) atoms. The largest absolute Gasteiger partial charge is 0.363 e. The van der Waals surface area contributed by atoms with Crippen LogP contribution in [-0.2, 0) is 0 Å². The Labute approximate surface area is 127 Å². The molecule has 1 amide bonds. The second kappa shape index (κ2) is 9.83. The molecule has 0 unspecified atom stereocenters. The maximum absolute atomic E-state index is 12.0. The van der Waals surface area contributed by atoms with Crippen molar-refractivity contribution in [2.45, 2.75) is 0 Å². The van der Waals surface area contributed by atoms with Gasteiger partial charge >= 0.3 is 0 Å². The molecule has 1 heterocycles. The van der Waals surface area contributed by atoms with Gasteiger partial charge in [0.15, 0.2) is 0 Å². The maximum atomic E-state index is 12.0. The smallest absolute Gasteiger partial charge is 0.255 e. The molecular weight excluding hydrogens is 287 g/mol. The number of anilines is 1. The van der Waals surface area contributed by atoms with E-state index in [-0.39, 0.29) is 30.7 Å². The molecule has 0 aliphatic heterocycles. The summed E-state index contributed by atoms with van der Waals surface area (Å²) in [6.45, 7) is 1.47. The van der Waals surface area contributed by atoms with Crippen LogP contribution >= 0.6 is 24.8 Å². The van der Waals surface area contributed by atoms with Crippen molar-refractivity contribution in [1.29, 1.82) is 0 Å². The van der Waals surface area contributed by atoms with Gasteiger partial charge in [0, 0.05) is 40.4 Å². The van der Waals surface area contributed by atoms with Crippen molar-refractivity contribution in [3.05, 3.63) is 23.9 Å². The summed E-state index contributed by atoms with van der Waals surface area (Å²) in [5.41, 5.74) is 0.620. The number of rotatable bonds is 5. The zero-order valence-corrected chi connectivity index (χ0v) is 13.3.